The number of hydrogen-bond acceptors (Lipinski definition) is 5. The van der Waals surface area contributed by atoms with Crippen LogP contribution in [0.25, 0.3) is 10.9 Å². The van der Waals surface area contributed by atoms with Gasteiger partial charge >= 0.3 is 0 Å². The molecule has 0 unspecified atom stereocenters. The molecule has 0 bridgehead atoms. The minimum absolute atomic E-state index is 0.570. The molecule has 2 aromatic rings. The van der Waals surface area contributed by atoms with Gasteiger partial charge in [-0.3, -0.25) is 4.98 Å². The summed E-state index contributed by atoms with van der Waals surface area (Å²) < 4.78 is 0. The lowest BCUT2D eigenvalue weighted by atomic mass is 10.1. The lowest BCUT2D eigenvalue weighted by Crippen LogP contribution is -2.43. The zero-order chi connectivity index (χ0) is 10.3. The summed E-state index contributed by atoms with van der Waals surface area (Å²) >= 11 is 0. The van der Waals surface area contributed by atoms with Crippen molar-refractivity contribution in [3.8, 4) is 0 Å². The van der Waals surface area contributed by atoms with E-state index in [-0.39, 0.29) is 0 Å². The lowest BCUT2D eigenvalue weighted by Gasteiger charge is -2.28. The zero-order valence-corrected chi connectivity index (χ0v) is 8.07. The summed E-state index contributed by atoms with van der Waals surface area (Å²) in [7, 11) is 0. The second kappa shape index (κ2) is 3.08. The molecule has 76 valence electrons. The molecule has 15 heavy (non-hydrogen) atoms. The standard InChI is InChI=1S/C10H11N5/c11-15-6-13-10-7-3-1-2-4-8(7)12-5-9(10)14-15/h1-5,13-14H,6,11H2. The normalized spacial score (nSPS) is 15.5. The van der Waals surface area contributed by atoms with E-state index in [1.165, 1.54) is 5.12 Å². The number of rotatable bonds is 0. The molecule has 3 rings (SSSR count). The molecule has 1 aromatic heterocycles. The summed E-state index contributed by atoms with van der Waals surface area (Å²) in [5.74, 6) is 5.63. The predicted octanol–water partition coefficient (Wildman–Crippen LogP) is 1.12. The Hall–Kier alpha value is -1.85. The summed E-state index contributed by atoms with van der Waals surface area (Å²) in [6.45, 7) is 0.570. The number of hydrogen-bond donors (Lipinski definition) is 3. The van der Waals surface area contributed by atoms with E-state index in [4.69, 9.17) is 5.84 Å². The van der Waals surface area contributed by atoms with Gasteiger partial charge in [0.2, 0.25) is 0 Å². The number of hydrazine groups is 2. The Morgan fingerprint density at radius 1 is 1.33 bits per heavy atom. The number of fused-ring (bicyclic) bond motifs is 3. The van der Waals surface area contributed by atoms with Gasteiger partial charge in [-0.2, -0.15) is 0 Å². The second-order valence-electron chi connectivity index (χ2n) is 3.48. The first-order chi connectivity index (χ1) is 7.34. The highest BCUT2D eigenvalue weighted by molar-refractivity contribution is 5.97. The average molecular weight is 201 g/mol. The average Bonchev–Trinajstić information content (AvgIpc) is 2.28. The number of aromatic nitrogens is 1. The number of nitrogens with zero attached hydrogens (tertiary/aromatic N) is 2. The molecule has 1 aliphatic heterocycles. The van der Waals surface area contributed by atoms with Gasteiger partial charge in [0.15, 0.2) is 0 Å². The third kappa shape index (κ3) is 1.29. The van der Waals surface area contributed by atoms with Gasteiger partial charge in [0.05, 0.1) is 23.1 Å². The molecule has 0 spiro atoms. The van der Waals surface area contributed by atoms with Gasteiger partial charge in [0.25, 0.3) is 0 Å². The highest BCUT2D eigenvalue weighted by atomic mass is 15.7. The predicted molar refractivity (Wildman–Crippen MR) is 59.9 cm³/mol. The first-order valence-corrected chi connectivity index (χ1v) is 4.75. The highest BCUT2D eigenvalue weighted by Crippen LogP contribution is 2.31. The van der Waals surface area contributed by atoms with E-state index < -0.39 is 0 Å². The van der Waals surface area contributed by atoms with E-state index in [0.29, 0.717) is 6.67 Å². The van der Waals surface area contributed by atoms with Crippen molar-refractivity contribution in [1.29, 1.82) is 0 Å². The number of nitrogens with one attached hydrogen (secondary N) is 2. The molecule has 1 aliphatic rings. The Labute approximate surface area is 86.8 Å². The van der Waals surface area contributed by atoms with E-state index in [1.54, 1.807) is 6.20 Å². The van der Waals surface area contributed by atoms with E-state index in [1.807, 2.05) is 24.3 Å². The Morgan fingerprint density at radius 2 is 2.20 bits per heavy atom. The van der Waals surface area contributed by atoms with Crippen molar-refractivity contribution in [2.75, 3.05) is 17.4 Å². The quantitative estimate of drug-likeness (QED) is 0.557. The summed E-state index contributed by atoms with van der Waals surface area (Å²) in [6.07, 6.45) is 1.78. The maximum absolute atomic E-state index is 5.63. The van der Waals surface area contributed by atoms with E-state index in [9.17, 15) is 0 Å². The van der Waals surface area contributed by atoms with Crippen molar-refractivity contribution in [3.63, 3.8) is 0 Å². The number of benzene rings is 1. The number of para-hydroxylation sites is 1. The Bertz CT molecular complexity index is 510. The van der Waals surface area contributed by atoms with Crippen molar-refractivity contribution >= 4 is 22.3 Å². The van der Waals surface area contributed by atoms with Crippen LogP contribution in [0.5, 0.6) is 0 Å². The van der Waals surface area contributed by atoms with Crippen LogP contribution in [0.1, 0.15) is 0 Å². The topological polar surface area (TPSA) is 66.2 Å². The van der Waals surface area contributed by atoms with E-state index in [0.717, 1.165) is 22.3 Å². The Balaban J connectivity index is 2.25. The summed E-state index contributed by atoms with van der Waals surface area (Å²) in [5, 5.41) is 5.85. The molecule has 0 fully saturated rings. The van der Waals surface area contributed by atoms with Crippen LogP contribution in [0.4, 0.5) is 11.4 Å². The Kier molecular flexibility index (Phi) is 1.74. The van der Waals surface area contributed by atoms with Crippen LogP contribution >= 0.6 is 0 Å². The maximum Gasteiger partial charge on any atom is 0.102 e. The Morgan fingerprint density at radius 3 is 3.13 bits per heavy atom. The minimum Gasteiger partial charge on any atom is -0.367 e. The highest BCUT2D eigenvalue weighted by Gasteiger charge is 2.14. The molecule has 1 aromatic carbocycles. The summed E-state index contributed by atoms with van der Waals surface area (Å²) in [6, 6.07) is 8.02. The molecular formula is C10H11N5. The van der Waals surface area contributed by atoms with Crippen LogP contribution in [-0.4, -0.2) is 16.8 Å². The number of nitrogens with two attached hydrogens (primary N) is 1. The second-order valence-corrected chi connectivity index (χ2v) is 3.48. The van der Waals surface area contributed by atoms with Gasteiger partial charge in [-0.15, -0.1) is 5.12 Å². The molecule has 0 aliphatic carbocycles. The molecule has 5 nitrogen and oxygen atoms in total. The van der Waals surface area contributed by atoms with Crippen LogP contribution in [0.3, 0.4) is 0 Å². The van der Waals surface area contributed by atoms with Crippen molar-refractivity contribution < 1.29 is 0 Å². The van der Waals surface area contributed by atoms with Gasteiger partial charge in [0.1, 0.15) is 6.67 Å². The van der Waals surface area contributed by atoms with Crippen LogP contribution in [-0.2, 0) is 0 Å². The smallest absolute Gasteiger partial charge is 0.102 e. The van der Waals surface area contributed by atoms with Crippen LogP contribution in [0, 0.1) is 0 Å². The lowest BCUT2D eigenvalue weighted by molar-refractivity contribution is 0.362. The number of anilines is 2. The molecular weight excluding hydrogens is 190 g/mol. The zero-order valence-electron chi connectivity index (χ0n) is 8.07. The molecule has 0 amide bonds. The summed E-state index contributed by atoms with van der Waals surface area (Å²) in [4.78, 5) is 4.34. The van der Waals surface area contributed by atoms with E-state index >= 15 is 0 Å². The molecule has 4 N–H and O–H groups in total. The third-order valence-corrected chi connectivity index (χ3v) is 2.47. The van der Waals surface area contributed by atoms with Gasteiger partial charge in [-0.1, -0.05) is 18.2 Å². The first-order valence-electron chi connectivity index (χ1n) is 4.75. The fraction of sp³-hybridized carbons (Fsp3) is 0.100. The fourth-order valence-electron chi connectivity index (χ4n) is 1.78. The first kappa shape index (κ1) is 8.46. The molecule has 0 atom stereocenters. The largest absolute Gasteiger partial charge is 0.367 e. The molecule has 0 saturated heterocycles. The SMILES string of the molecule is NN1CNc2c(cnc3ccccc23)N1. The molecule has 0 saturated carbocycles. The minimum atomic E-state index is 0.570. The van der Waals surface area contributed by atoms with Gasteiger partial charge in [-0.25, -0.2) is 5.84 Å². The molecule has 0 radical (unpaired) electrons. The monoisotopic (exact) mass is 201 g/mol. The van der Waals surface area contributed by atoms with Gasteiger partial charge in [0, 0.05) is 5.39 Å². The molecule has 5 heteroatoms. The van der Waals surface area contributed by atoms with Gasteiger partial charge in [-0.05, 0) is 6.07 Å². The number of pyridine rings is 1. The van der Waals surface area contributed by atoms with Crippen molar-refractivity contribution in [1.82, 2.24) is 10.1 Å². The van der Waals surface area contributed by atoms with Crippen LogP contribution in [0.2, 0.25) is 0 Å². The third-order valence-electron chi connectivity index (χ3n) is 2.47. The van der Waals surface area contributed by atoms with Crippen LogP contribution < -0.4 is 16.6 Å². The van der Waals surface area contributed by atoms with E-state index in [2.05, 4.69) is 15.7 Å². The van der Waals surface area contributed by atoms with Crippen LogP contribution in [0.15, 0.2) is 30.5 Å². The van der Waals surface area contributed by atoms with Crippen molar-refractivity contribution in [3.05, 3.63) is 30.5 Å². The molecule has 2 heterocycles. The summed E-state index contributed by atoms with van der Waals surface area (Å²) in [5.41, 5.74) is 5.98. The van der Waals surface area contributed by atoms with Crippen molar-refractivity contribution in [2.45, 2.75) is 0 Å². The van der Waals surface area contributed by atoms with Crippen molar-refractivity contribution in [2.24, 2.45) is 5.84 Å². The maximum atomic E-state index is 5.63. The van der Waals surface area contributed by atoms with Gasteiger partial charge < -0.3 is 10.7 Å². The fourth-order valence-corrected chi connectivity index (χ4v) is 1.78.